The van der Waals surface area contributed by atoms with E-state index in [-0.39, 0.29) is 5.91 Å². The minimum atomic E-state index is -0.656. The Labute approximate surface area is 144 Å². The Kier molecular flexibility index (Phi) is 5.47. The van der Waals surface area contributed by atoms with E-state index in [4.69, 9.17) is 28.9 Å². The first-order valence-electron chi connectivity index (χ1n) is 6.73. The van der Waals surface area contributed by atoms with Crippen LogP contribution in [0, 0.1) is 0 Å². The molecule has 7 heteroatoms. The third-order valence-corrected chi connectivity index (χ3v) is 4.04. The number of urea groups is 1. The molecule has 0 saturated heterocycles. The lowest BCUT2D eigenvalue weighted by Crippen LogP contribution is -2.26. The molecule has 0 aromatic heterocycles. The molecular weight excluding hydrogens is 337 g/mol. The Hall–Kier alpha value is -2.24. The molecule has 0 unspecified atom stereocenters. The molecule has 0 aliphatic carbocycles. The number of carbonyl (C=O) groups is 2. The van der Waals surface area contributed by atoms with E-state index in [0.717, 1.165) is 5.56 Å². The van der Waals surface area contributed by atoms with Gasteiger partial charge >= 0.3 is 6.03 Å². The molecule has 5 nitrogen and oxygen atoms in total. The number of rotatable bonds is 4. The van der Waals surface area contributed by atoms with Crippen LogP contribution in [0.15, 0.2) is 42.5 Å². The molecule has 120 valence electrons. The maximum Gasteiger partial charge on any atom is 0.316 e. The number of nitrogens with one attached hydrogen (secondary N) is 1. The number of anilines is 1. The standard InChI is InChI=1S/C16H15Cl2N3O2/c1-21(9-11-3-2-4-13(17)14(11)18)15(22)10-5-7-12(8-6-10)20-16(19)23/h2-8H,9H2,1H3,(H3,19,20,23). The third kappa shape index (κ3) is 4.37. The number of benzene rings is 2. The molecule has 0 spiro atoms. The molecule has 2 rings (SSSR count). The zero-order valence-electron chi connectivity index (χ0n) is 12.3. The second-order valence-electron chi connectivity index (χ2n) is 4.94. The van der Waals surface area contributed by atoms with E-state index in [1.54, 1.807) is 43.4 Å². The molecule has 3 amide bonds. The molecule has 0 aliphatic rings. The highest BCUT2D eigenvalue weighted by molar-refractivity contribution is 6.42. The summed E-state index contributed by atoms with van der Waals surface area (Å²) in [5.41, 5.74) is 6.81. The first kappa shape index (κ1) is 17.1. The minimum Gasteiger partial charge on any atom is -0.351 e. The molecule has 0 bridgehead atoms. The summed E-state index contributed by atoms with van der Waals surface area (Å²) in [5.74, 6) is -0.174. The SMILES string of the molecule is CN(Cc1cccc(Cl)c1Cl)C(=O)c1ccc(NC(N)=O)cc1. The molecule has 0 atom stereocenters. The van der Waals surface area contributed by atoms with E-state index in [2.05, 4.69) is 5.32 Å². The van der Waals surface area contributed by atoms with Gasteiger partial charge in [-0.1, -0.05) is 35.3 Å². The quantitative estimate of drug-likeness (QED) is 0.879. The van der Waals surface area contributed by atoms with Gasteiger partial charge in [0, 0.05) is 24.8 Å². The number of halogens is 2. The summed E-state index contributed by atoms with van der Waals surface area (Å²) in [6, 6.07) is 11.1. The molecule has 2 aromatic carbocycles. The van der Waals surface area contributed by atoms with Crippen molar-refractivity contribution < 1.29 is 9.59 Å². The Morgan fingerprint density at radius 1 is 1.13 bits per heavy atom. The van der Waals surface area contributed by atoms with Crippen molar-refractivity contribution in [2.24, 2.45) is 5.73 Å². The Balaban J connectivity index is 2.10. The maximum atomic E-state index is 12.4. The average Bonchev–Trinajstić information content (AvgIpc) is 2.51. The van der Waals surface area contributed by atoms with Crippen molar-refractivity contribution >= 4 is 40.8 Å². The van der Waals surface area contributed by atoms with Gasteiger partial charge in [-0.15, -0.1) is 0 Å². The largest absolute Gasteiger partial charge is 0.351 e. The van der Waals surface area contributed by atoms with E-state index in [0.29, 0.717) is 27.8 Å². The third-order valence-electron chi connectivity index (χ3n) is 3.19. The number of carbonyl (C=O) groups excluding carboxylic acids is 2. The second-order valence-corrected chi connectivity index (χ2v) is 5.73. The van der Waals surface area contributed by atoms with Crippen molar-refractivity contribution in [1.29, 1.82) is 0 Å². The van der Waals surface area contributed by atoms with Crippen LogP contribution in [-0.2, 0) is 6.54 Å². The van der Waals surface area contributed by atoms with Crippen molar-refractivity contribution in [2.45, 2.75) is 6.54 Å². The first-order valence-corrected chi connectivity index (χ1v) is 7.49. The maximum absolute atomic E-state index is 12.4. The average molecular weight is 352 g/mol. The van der Waals surface area contributed by atoms with Crippen molar-refractivity contribution in [3.8, 4) is 0 Å². The topological polar surface area (TPSA) is 75.4 Å². The van der Waals surface area contributed by atoms with Gasteiger partial charge in [0.15, 0.2) is 0 Å². The summed E-state index contributed by atoms with van der Waals surface area (Å²) in [6.45, 7) is 0.333. The molecule has 0 aliphatic heterocycles. The first-order chi connectivity index (χ1) is 10.9. The summed E-state index contributed by atoms with van der Waals surface area (Å²) >= 11 is 12.1. The Morgan fingerprint density at radius 3 is 2.39 bits per heavy atom. The van der Waals surface area contributed by atoms with Crippen molar-refractivity contribution in [3.05, 3.63) is 63.6 Å². The zero-order chi connectivity index (χ0) is 17.0. The number of nitrogens with zero attached hydrogens (tertiary/aromatic N) is 1. The fourth-order valence-corrected chi connectivity index (χ4v) is 2.44. The normalized spacial score (nSPS) is 10.2. The predicted molar refractivity (Wildman–Crippen MR) is 91.9 cm³/mol. The van der Waals surface area contributed by atoms with E-state index >= 15 is 0 Å². The molecule has 3 N–H and O–H groups in total. The lowest BCUT2D eigenvalue weighted by Gasteiger charge is -2.18. The lowest BCUT2D eigenvalue weighted by atomic mass is 10.1. The summed E-state index contributed by atoms with van der Waals surface area (Å²) in [6.07, 6.45) is 0. The van der Waals surface area contributed by atoms with Crippen molar-refractivity contribution in [2.75, 3.05) is 12.4 Å². The molecule has 23 heavy (non-hydrogen) atoms. The van der Waals surface area contributed by atoms with Crippen molar-refractivity contribution in [3.63, 3.8) is 0 Å². The number of amides is 3. The minimum absolute atomic E-state index is 0.174. The van der Waals surface area contributed by atoms with Gasteiger partial charge in [-0.3, -0.25) is 4.79 Å². The van der Waals surface area contributed by atoms with Gasteiger partial charge in [-0.2, -0.15) is 0 Å². The van der Waals surface area contributed by atoms with Crippen molar-refractivity contribution in [1.82, 2.24) is 4.90 Å². The Morgan fingerprint density at radius 2 is 1.78 bits per heavy atom. The number of hydrogen-bond acceptors (Lipinski definition) is 2. The molecule has 2 aromatic rings. The second kappa shape index (κ2) is 7.35. The van der Waals surface area contributed by atoms with Crippen LogP contribution >= 0.6 is 23.2 Å². The fourth-order valence-electron chi connectivity index (χ4n) is 2.06. The predicted octanol–water partition coefficient (Wildman–Crippen LogP) is 3.76. The smallest absolute Gasteiger partial charge is 0.316 e. The van der Waals surface area contributed by atoms with E-state index in [1.165, 1.54) is 4.90 Å². The fraction of sp³-hybridized carbons (Fsp3) is 0.125. The monoisotopic (exact) mass is 351 g/mol. The van der Waals surface area contributed by atoms with Gasteiger partial charge in [0.05, 0.1) is 10.0 Å². The van der Waals surface area contributed by atoms with Gasteiger partial charge in [-0.05, 0) is 35.9 Å². The number of hydrogen-bond donors (Lipinski definition) is 2. The summed E-state index contributed by atoms with van der Waals surface area (Å²) in [7, 11) is 1.68. The van der Waals surface area contributed by atoms with Crippen LogP contribution < -0.4 is 11.1 Å². The van der Waals surface area contributed by atoms with Gasteiger partial charge in [0.1, 0.15) is 0 Å². The molecule has 0 saturated carbocycles. The highest BCUT2D eigenvalue weighted by Crippen LogP contribution is 2.26. The highest BCUT2D eigenvalue weighted by Gasteiger charge is 2.14. The number of nitrogens with two attached hydrogens (primary N) is 1. The van der Waals surface area contributed by atoms with Crippen LogP contribution in [0.1, 0.15) is 15.9 Å². The van der Waals surface area contributed by atoms with Crippen LogP contribution in [0.4, 0.5) is 10.5 Å². The summed E-state index contributed by atoms with van der Waals surface area (Å²) < 4.78 is 0. The van der Waals surface area contributed by atoms with Gasteiger partial charge in [0.25, 0.3) is 5.91 Å². The highest BCUT2D eigenvalue weighted by atomic mass is 35.5. The van der Waals surface area contributed by atoms with Crippen LogP contribution in [0.3, 0.4) is 0 Å². The molecule has 0 radical (unpaired) electrons. The van der Waals surface area contributed by atoms with E-state index in [9.17, 15) is 9.59 Å². The van der Waals surface area contributed by atoms with Crippen LogP contribution in [0.5, 0.6) is 0 Å². The Bertz CT molecular complexity index is 733. The van der Waals surface area contributed by atoms with E-state index in [1.807, 2.05) is 6.07 Å². The molecular formula is C16H15Cl2N3O2. The molecule has 0 fully saturated rings. The van der Waals surface area contributed by atoms with E-state index < -0.39 is 6.03 Å². The molecule has 0 heterocycles. The van der Waals surface area contributed by atoms with Crippen LogP contribution in [0.25, 0.3) is 0 Å². The lowest BCUT2D eigenvalue weighted by molar-refractivity contribution is 0.0785. The summed E-state index contributed by atoms with van der Waals surface area (Å²) in [5, 5.41) is 3.33. The van der Waals surface area contributed by atoms with Gasteiger partial charge in [0.2, 0.25) is 0 Å². The number of primary amides is 1. The zero-order valence-corrected chi connectivity index (χ0v) is 13.9. The van der Waals surface area contributed by atoms with Gasteiger partial charge in [-0.25, -0.2) is 4.79 Å². The summed E-state index contributed by atoms with van der Waals surface area (Å²) in [4.78, 5) is 24.7. The van der Waals surface area contributed by atoms with Crippen LogP contribution in [0.2, 0.25) is 10.0 Å². The van der Waals surface area contributed by atoms with Crippen LogP contribution in [-0.4, -0.2) is 23.9 Å². The van der Waals surface area contributed by atoms with Gasteiger partial charge < -0.3 is 16.0 Å².